The Morgan fingerprint density at radius 2 is 1.77 bits per heavy atom. The molecule has 0 fully saturated rings. The first-order valence-electron chi connectivity index (χ1n) is 7.82. The highest BCUT2D eigenvalue weighted by Crippen LogP contribution is 2.21. The van der Waals surface area contributed by atoms with Gasteiger partial charge in [-0.2, -0.15) is 0 Å². The molecule has 134 valence electrons. The predicted octanol–water partition coefficient (Wildman–Crippen LogP) is 3.25. The third kappa shape index (κ3) is 4.20. The Balaban J connectivity index is 1.77. The Bertz CT molecular complexity index is 1010. The maximum absolute atomic E-state index is 13.0. The smallest absolute Gasteiger partial charge is 0.177 e. The fourth-order valence-corrected chi connectivity index (χ4v) is 2.96. The van der Waals surface area contributed by atoms with Gasteiger partial charge in [-0.05, 0) is 30.7 Å². The van der Waals surface area contributed by atoms with Crippen LogP contribution in [0.1, 0.15) is 18.5 Å². The van der Waals surface area contributed by atoms with Gasteiger partial charge in [0, 0.05) is 30.3 Å². The lowest BCUT2D eigenvalue weighted by Gasteiger charge is -2.14. The summed E-state index contributed by atoms with van der Waals surface area (Å²) in [5, 5.41) is 3.18. The van der Waals surface area contributed by atoms with E-state index in [9.17, 15) is 12.8 Å². The van der Waals surface area contributed by atoms with Gasteiger partial charge in [-0.1, -0.05) is 12.1 Å². The molecule has 2 aromatic heterocycles. The fourth-order valence-electron chi connectivity index (χ4n) is 2.37. The lowest BCUT2D eigenvalue weighted by molar-refractivity contribution is 0.601. The molecule has 0 spiro atoms. The molecule has 1 atom stereocenters. The van der Waals surface area contributed by atoms with E-state index < -0.39 is 9.84 Å². The summed E-state index contributed by atoms with van der Waals surface area (Å²) in [5.41, 5.74) is 2.00. The molecule has 26 heavy (non-hydrogen) atoms. The molecule has 0 saturated carbocycles. The average molecular weight is 372 g/mol. The van der Waals surface area contributed by atoms with Gasteiger partial charge < -0.3 is 5.32 Å². The summed E-state index contributed by atoms with van der Waals surface area (Å²) in [6, 6.07) is 7.66. The van der Waals surface area contributed by atoms with Crippen molar-refractivity contribution in [2.45, 2.75) is 17.9 Å². The lowest BCUT2D eigenvalue weighted by atomic mass is 10.1. The maximum Gasteiger partial charge on any atom is 0.177 e. The van der Waals surface area contributed by atoms with Crippen LogP contribution in [-0.4, -0.2) is 29.6 Å². The van der Waals surface area contributed by atoms with Crippen LogP contribution >= 0.6 is 0 Å². The molecule has 8 heteroatoms. The van der Waals surface area contributed by atoms with E-state index in [2.05, 4.69) is 20.3 Å². The van der Waals surface area contributed by atoms with Crippen molar-refractivity contribution >= 4 is 15.7 Å². The molecular formula is C18H17FN4O2S. The van der Waals surface area contributed by atoms with E-state index >= 15 is 0 Å². The number of rotatable bonds is 5. The van der Waals surface area contributed by atoms with Crippen LogP contribution in [0.2, 0.25) is 0 Å². The van der Waals surface area contributed by atoms with Crippen molar-refractivity contribution in [3.8, 4) is 11.3 Å². The molecule has 3 rings (SSSR count). The molecule has 0 aliphatic carbocycles. The molecule has 0 radical (unpaired) electrons. The Hall–Kier alpha value is -2.87. The molecule has 6 nitrogen and oxygen atoms in total. The van der Waals surface area contributed by atoms with Crippen LogP contribution in [0.3, 0.4) is 0 Å². The van der Waals surface area contributed by atoms with Crippen molar-refractivity contribution in [1.82, 2.24) is 15.0 Å². The van der Waals surface area contributed by atoms with E-state index in [1.807, 2.05) is 6.92 Å². The van der Waals surface area contributed by atoms with Crippen LogP contribution in [0.25, 0.3) is 11.3 Å². The number of benzene rings is 1. The number of halogens is 1. The van der Waals surface area contributed by atoms with Gasteiger partial charge >= 0.3 is 0 Å². The molecule has 1 aromatic carbocycles. The fraction of sp³-hybridized carbons (Fsp3) is 0.167. The number of anilines is 1. The van der Waals surface area contributed by atoms with Gasteiger partial charge in [0.2, 0.25) is 0 Å². The second-order valence-electron chi connectivity index (χ2n) is 5.89. The number of hydrogen-bond donors (Lipinski definition) is 1. The van der Waals surface area contributed by atoms with Gasteiger partial charge in [0.25, 0.3) is 0 Å². The number of aromatic nitrogens is 3. The topological polar surface area (TPSA) is 84.8 Å². The summed E-state index contributed by atoms with van der Waals surface area (Å²) in [7, 11) is -3.34. The van der Waals surface area contributed by atoms with Crippen LogP contribution in [0.15, 0.2) is 60.0 Å². The highest BCUT2D eigenvalue weighted by atomic mass is 32.2. The number of nitrogens with one attached hydrogen (secondary N) is 1. The third-order valence-electron chi connectivity index (χ3n) is 3.82. The zero-order valence-electron chi connectivity index (χ0n) is 14.2. The van der Waals surface area contributed by atoms with Crippen LogP contribution in [0, 0.1) is 5.82 Å². The zero-order valence-corrected chi connectivity index (χ0v) is 15.0. The maximum atomic E-state index is 13.0. The van der Waals surface area contributed by atoms with E-state index in [1.165, 1.54) is 30.6 Å². The first-order chi connectivity index (χ1) is 12.3. The third-order valence-corrected chi connectivity index (χ3v) is 4.90. The molecule has 1 N–H and O–H groups in total. The number of hydrogen-bond acceptors (Lipinski definition) is 6. The Morgan fingerprint density at radius 3 is 2.38 bits per heavy atom. The van der Waals surface area contributed by atoms with Gasteiger partial charge in [-0.15, -0.1) is 0 Å². The molecule has 0 aliphatic rings. The molecule has 2 heterocycles. The molecule has 0 amide bonds. The van der Waals surface area contributed by atoms with Gasteiger partial charge in [-0.25, -0.2) is 17.8 Å². The monoisotopic (exact) mass is 372 g/mol. The molecule has 0 aliphatic heterocycles. The summed E-state index contributed by atoms with van der Waals surface area (Å²) in [6.45, 7) is 1.93. The largest absolute Gasteiger partial charge is 0.362 e. The van der Waals surface area contributed by atoms with Crippen LogP contribution in [0.4, 0.5) is 10.2 Å². The Morgan fingerprint density at radius 1 is 1.04 bits per heavy atom. The lowest BCUT2D eigenvalue weighted by Crippen LogP contribution is -2.08. The predicted molar refractivity (Wildman–Crippen MR) is 96.8 cm³/mol. The number of sulfone groups is 1. The van der Waals surface area contributed by atoms with E-state index in [0.29, 0.717) is 17.1 Å². The SMILES string of the molecule is CC(Nc1cnc(-c2cncc(S(C)(=O)=O)c2)cn1)c1ccc(F)cc1. The zero-order chi connectivity index (χ0) is 18.7. The van der Waals surface area contributed by atoms with Gasteiger partial charge in [0.15, 0.2) is 9.84 Å². The molecule has 3 aromatic rings. The normalized spacial score (nSPS) is 12.6. The van der Waals surface area contributed by atoms with E-state index in [4.69, 9.17) is 0 Å². The Labute approximate surface area is 151 Å². The first kappa shape index (κ1) is 17.9. The minimum absolute atomic E-state index is 0.0778. The summed E-state index contributed by atoms with van der Waals surface area (Å²) < 4.78 is 36.3. The summed E-state index contributed by atoms with van der Waals surface area (Å²) in [4.78, 5) is 12.7. The highest BCUT2D eigenvalue weighted by molar-refractivity contribution is 7.90. The van der Waals surface area contributed by atoms with Crippen molar-refractivity contribution < 1.29 is 12.8 Å². The molecule has 0 bridgehead atoms. The van der Waals surface area contributed by atoms with Crippen molar-refractivity contribution in [2.24, 2.45) is 0 Å². The van der Waals surface area contributed by atoms with Crippen LogP contribution in [-0.2, 0) is 9.84 Å². The minimum atomic E-state index is -3.34. The van der Waals surface area contributed by atoms with Crippen LogP contribution in [0.5, 0.6) is 0 Å². The van der Waals surface area contributed by atoms with Gasteiger partial charge in [0.1, 0.15) is 11.6 Å². The van der Waals surface area contributed by atoms with Crippen molar-refractivity contribution in [2.75, 3.05) is 11.6 Å². The van der Waals surface area contributed by atoms with Gasteiger partial charge in [0.05, 0.1) is 23.0 Å². The van der Waals surface area contributed by atoms with Crippen LogP contribution < -0.4 is 5.32 Å². The summed E-state index contributed by atoms with van der Waals surface area (Å²) in [5.74, 6) is 0.271. The highest BCUT2D eigenvalue weighted by Gasteiger charge is 2.11. The molecule has 1 unspecified atom stereocenters. The quantitative estimate of drug-likeness (QED) is 0.740. The second-order valence-corrected chi connectivity index (χ2v) is 7.90. The van der Waals surface area contributed by atoms with Crippen molar-refractivity contribution in [3.05, 3.63) is 66.5 Å². The molecular weight excluding hydrogens is 355 g/mol. The van der Waals surface area contributed by atoms with E-state index in [0.717, 1.165) is 11.8 Å². The second kappa shape index (κ2) is 7.17. The Kier molecular flexibility index (Phi) is 4.94. The van der Waals surface area contributed by atoms with E-state index in [1.54, 1.807) is 24.5 Å². The number of pyridine rings is 1. The standard InChI is InChI=1S/C18H17FN4O2S/c1-12(13-3-5-15(19)6-4-13)23-18-11-21-17(10-22-18)14-7-16(9-20-8-14)26(2,24)25/h3-12H,1-2H3,(H,22,23). The summed E-state index contributed by atoms with van der Waals surface area (Å²) in [6.07, 6.45) is 7.06. The van der Waals surface area contributed by atoms with Crippen molar-refractivity contribution in [1.29, 1.82) is 0 Å². The minimum Gasteiger partial charge on any atom is -0.362 e. The van der Waals surface area contributed by atoms with E-state index in [-0.39, 0.29) is 16.8 Å². The summed E-state index contributed by atoms with van der Waals surface area (Å²) >= 11 is 0. The van der Waals surface area contributed by atoms with Gasteiger partial charge in [-0.3, -0.25) is 9.97 Å². The first-order valence-corrected chi connectivity index (χ1v) is 9.71. The molecule has 0 saturated heterocycles. The number of nitrogens with zero attached hydrogens (tertiary/aromatic N) is 3. The van der Waals surface area contributed by atoms with Crippen molar-refractivity contribution in [3.63, 3.8) is 0 Å². The average Bonchev–Trinajstić information content (AvgIpc) is 2.62.